The van der Waals surface area contributed by atoms with E-state index in [2.05, 4.69) is 5.32 Å². The average molecular weight is 481 g/mol. The van der Waals surface area contributed by atoms with Crippen molar-refractivity contribution in [2.75, 3.05) is 31.6 Å². The van der Waals surface area contributed by atoms with Gasteiger partial charge < -0.3 is 19.5 Å². The molecule has 0 radical (unpaired) electrons. The summed E-state index contributed by atoms with van der Waals surface area (Å²) in [6.45, 7) is 4.91. The second-order valence-corrected chi connectivity index (χ2v) is 10.2. The van der Waals surface area contributed by atoms with E-state index in [0.29, 0.717) is 30.4 Å². The molecule has 1 fully saturated rings. The lowest BCUT2D eigenvalue weighted by Crippen LogP contribution is -2.40. The van der Waals surface area contributed by atoms with Crippen molar-refractivity contribution in [3.05, 3.63) is 71.3 Å². The molecule has 0 bridgehead atoms. The average Bonchev–Trinajstić information content (AvgIpc) is 2.95. The van der Waals surface area contributed by atoms with Gasteiger partial charge in [-0.3, -0.25) is 4.79 Å². The number of hydrogen-bond donors (Lipinski definition) is 1. The molecule has 176 valence electrons. The first-order chi connectivity index (χ1) is 16.3. The number of nitrogens with one attached hydrogen (secondary N) is 1. The molecule has 3 aromatic rings. The molecule has 2 aliphatic rings. The maximum atomic E-state index is 13.6. The van der Waals surface area contributed by atoms with Crippen molar-refractivity contribution in [3.8, 4) is 23.0 Å². The minimum absolute atomic E-state index is 0.0815. The van der Waals surface area contributed by atoms with Gasteiger partial charge in [0, 0.05) is 19.2 Å². The third-order valence-electron chi connectivity index (χ3n) is 5.73. The fraction of sp³-hybridized carbons (Fsp3) is 0.240. The van der Waals surface area contributed by atoms with Gasteiger partial charge in [0.2, 0.25) is 10.0 Å². The molecule has 0 aliphatic carbocycles. The first kappa shape index (κ1) is 22.4. The summed E-state index contributed by atoms with van der Waals surface area (Å²) in [6.07, 6.45) is 0. The molecular weight excluding hydrogens is 456 g/mol. The molecule has 0 aromatic heterocycles. The van der Waals surface area contributed by atoms with Gasteiger partial charge in [-0.05, 0) is 49.7 Å². The van der Waals surface area contributed by atoms with E-state index in [9.17, 15) is 13.2 Å². The van der Waals surface area contributed by atoms with Gasteiger partial charge in [-0.15, -0.1) is 0 Å². The molecule has 1 N–H and O–H groups in total. The first-order valence-electron chi connectivity index (χ1n) is 10.9. The van der Waals surface area contributed by atoms with Crippen molar-refractivity contribution in [2.45, 2.75) is 18.7 Å². The quantitative estimate of drug-likeness (QED) is 0.592. The van der Waals surface area contributed by atoms with Gasteiger partial charge in [0.1, 0.15) is 16.4 Å². The van der Waals surface area contributed by atoms with Crippen LogP contribution in [0.5, 0.6) is 23.0 Å². The van der Waals surface area contributed by atoms with E-state index < -0.39 is 15.9 Å². The van der Waals surface area contributed by atoms with Crippen LogP contribution in [0.15, 0.2) is 59.5 Å². The van der Waals surface area contributed by atoms with Crippen molar-refractivity contribution in [3.63, 3.8) is 0 Å². The predicted octanol–water partition coefficient (Wildman–Crippen LogP) is 4.47. The first-order valence-corrected chi connectivity index (χ1v) is 12.4. The van der Waals surface area contributed by atoms with E-state index in [4.69, 9.17) is 14.2 Å². The maximum Gasteiger partial charge on any atom is 0.259 e. The topological polar surface area (TPSA) is 94.2 Å². The second kappa shape index (κ2) is 8.75. The van der Waals surface area contributed by atoms with Gasteiger partial charge in [0.15, 0.2) is 11.5 Å². The Labute approximate surface area is 198 Å². The molecule has 9 heteroatoms. The lowest BCUT2D eigenvalue weighted by atomic mass is 10.1. The smallest absolute Gasteiger partial charge is 0.259 e. The molecule has 2 heterocycles. The second-order valence-electron chi connectivity index (χ2n) is 8.28. The monoisotopic (exact) mass is 480 g/mol. The number of rotatable bonds is 4. The fourth-order valence-electron chi connectivity index (χ4n) is 3.87. The Bertz CT molecular complexity index is 1360. The summed E-state index contributed by atoms with van der Waals surface area (Å²) >= 11 is 0. The third-order valence-corrected chi connectivity index (χ3v) is 7.65. The summed E-state index contributed by atoms with van der Waals surface area (Å²) in [7, 11) is -3.97. The number of anilines is 1. The molecule has 2 aliphatic heterocycles. The van der Waals surface area contributed by atoms with Crippen LogP contribution in [0.1, 0.15) is 21.5 Å². The third kappa shape index (κ3) is 4.25. The molecule has 8 nitrogen and oxygen atoms in total. The molecule has 0 spiro atoms. The number of fused-ring (bicyclic) bond motifs is 2. The van der Waals surface area contributed by atoms with Crippen LogP contribution in [0.3, 0.4) is 0 Å². The summed E-state index contributed by atoms with van der Waals surface area (Å²) in [6, 6.07) is 15.5. The summed E-state index contributed by atoms with van der Waals surface area (Å²) in [5.41, 5.74) is 2.61. The Kier molecular flexibility index (Phi) is 5.76. The van der Waals surface area contributed by atoms with Crippen molar-refractivity contribution in [1.29, 1.82) is 0 Å². The Balaban J connectivity index is 1.65. The van der Waals surface area contributed by atoms with E-state index in [0.717, 1.165) is 11.1 Å². The van der Waals surface area contributed by atoms with E-state index in [1.54, 1.807) is 18.2 Å². The van der Waals surface area contributed by atoms with Gasteiger partial charge in [-0.2, -0.15) is 4.31 Å². The van der Waals surface area contributed by atoms with Gasteiger partial charge in [0.05, 0.1) is 24.5 Å². The number of sulfonamides is 1. The predicted molar refractivity (Wildman–Crippen MR) is 126 cm³/mol. The minimum atomic E-state index is -3.97. The van der Waals surface area contributed by atoms with E-state index in [1.165, 1.54) is 16.4 Å². The molecule has 1 amide bonds. The van der Waals surface area contributed by atoms with Crippen LogP contribution < -0.4 is 14.8 Å². The number of aryl methyl sites for hydroxylation is 2. The minimum Gasteiger partial charge on any atom is -0.456 e. The number of ether oxygens (including phenoxy) is 3. The van der Waals surface area contributed by atoms with E-state index in [-0.39, 0.29) is 35.0 Å². The van der Waals surface area contributed by atoms with Gasteiger partial charge in [-0.25, -0.2) is 8.42 Å². The van der Waals surface area contributed by atoms with Crippen LogP contribution in [-0.2, 0) is 14.8 Å². The van der Waals surface area contributed by atoms with Crippen LogP contribution in [0, 0.1) is 13.8 Å². The summed E-state index contributed by atoms with van der Waals surface area (Å²) in [5.74, 6) is 0.774. The number of morpholine rings is 1. The lowest BCUT2D eigenvalue weighted by Gasteiger charge is -2.27. The Hall–Kier alpha value is -3.40. The number of nitrogens with zero attached hydrogens (tertiary/aromatic N) is 1. The van der Waals surface area contributed by atoms with E-state index >= 15 is 0 Å². The zero-order valence-electron chi connectivity index (χ0n) is 18.8. The Morgan fingerprint density at radius 1 is 0.912 bits per heavy atom. The van der Waals surface area contributed by atoms with Crippen LogP contribution >= 0.6 is 0 Å². The highest BCUT2D eigenvalue weighted by Crippen LogP contribution is 2.42. The van der Waals surface area contributed by atoms with Crippen molar-refractivity contribution in [1.82, 2.24) is 4.31 Å². The number of carbonyl (C=O) groups excluding carboxylic acids is 1. The fourth-order valence-corrected chi connectivity index (χ4v) is 5.40. The highest BCUT2D eigenvalue weighted by Gasteiger charge is 2.33. The van der Waals surface area contributed by atoms with Crippen LogP contribution in [0.2, 0.25) is 0 Å². The molecule has 0 atom stereocenters. The van der Waals surface area contributed by atoms with Crippen LogP contribution in [0.25, 0.3) is 0 Å². The molecular formula is C25H24N2O6S. The number of carbonyl (C=O) groups is 1. The molecule has 5 rings (SSSR count). The van der Waals surface area contributed by atoms with Gasteiger partial charge >= 0.3 is 0 Å². The summed E-state index contributed by atoms with van der Waals surface area (Å²) in [4.78, 5) is 13.0. The van der Waals surface area contributed by atoms with Crippen molar-refractivity contribution >= 4 is 21.6 Å². The molecule has 0 saturated carbocycles. The summed E-state index contributed by atoms with van der Waals surface area (Å²) < 4.78 is 46.0. The zero-order valence-corrected chi connectivity index (χ0v) is 19.6. The lowest BCUT2D eigenvalue weighted by molar-refractivity contribution is 0.0729. The van der Waals surface area contributed by atoms with Crippen LogP contribution in [-0.4, -0.2) is 44.9 Å². The van der Waals surface area contributed by atoms with Crippen molar-refractivity contribution < 1.29 is 27.4 Å². The summed E-state index contributed by atoms with van der Waals surface area (Å²) in [5, 5.41) is 2.81. The standard InChI is InChI=1S/C25H24N2O6S/c1-16-3-6-18(7-4-16)32-23-15-21-19(14-24(23)34(29,30)27-9-11-31-12-10-27)25(28)26-20-8-5-17(2)13-22(20)33-21/h3-8,13-15H,9-12H2,1-2H3,(H,26,28). The van der Waals surface area contributed by atoms with E-state index in [1.807, 2.05) is 38.1 Å². The molecule has 1 saturated heterocycles. The number of amides is 1. The molecule has 0 unspecified atom stereocenters. The SMILES string of the molecule is Cc1ccc(Oc2cc3c(cc2S(=O)(=O)N2CCOCC2)C(=O)Nc2ccc(C)cc2O3)cc1. The van der Waals surface area contributed by atoms with Crippen molar-refractivity contribution in [2.24, 2.45) is 0 Å². The van der Waals surface area contributed by atoms with Crippen LogP contribution in [0.4, 0.5) is 5.69 Å². The Morgan fingerprint density at radius 2 is 1.62 bits per heavy atom. The Morgan fingerprint density at radius 3 is 2.35 bits per heavy atom. The largest absolute Gasteiger partial charge is 0.456 e. The molecule has 3 aromatic carbocycles. The van der Waals surface area contributed by atoms with Gasteiger partial charge in [-0.1, -0.05) is 23.8 Å². The highest BCUT2D eigenvalue weighted by molar-refractivity contribution is 7.89. The van der Waals surface area contributed by atoms with Gasteiger partial charge in [0.25, 0.3) is 5.91 Å². The zero-order chi connectivity index (χ0) is 23.9. The normalized spacial score (nSPS) is 16.0. The number of benzene rings is 3. The maximum absolute atomic E-state index is 13.6. The molecule has 34 heavy (non-hydrogen) atoms. The highest BCUT2D eigenvalue weighted by atomic mass is 32.2. The number of hydrogen-bond acceptors (Lipinski definition) is 6.